The Morgan fingerprint density at radius 1 is 0.467 bits per heavy atom. The summed E-state index contributed by atoms with van der Waals surface area (Å²) in [4.78, 5) is 24.0. The van der Waals surface area contributed by atoms with Crippen LogP contribution >= 0.6 is 0 Å². The first kappa shape index (κ1) is 25.2. The lowest BCUT2D eigenvalue weighted by Gasteiger charge is -2.16. The molecule has 9 rings (SSSR count). The van der Waals surface area contributed by atoms with Crippen molar-refractivity contribution in [3.05, 3.63) is 150 Å². The summed E-state index contributed by atoms with van der Waals surface area (Å²) in [7, 11) is 0. The molecular weight excluding hydrogens is 558 g/mol. The fourth-order valence-corrected chi connectivity index (χ4v) is 6.24. The molecule has 3 aromatic heterocycles. The molecule has 0 unspecified atom stereocenters. The van der Waals surface area contributed by atoms with Crippen LogP contribution in [0.25, 0.3) is 83.7 Å². The Bertz CT molecular complexity index is 2450. The van der Waals surface area contributed by atoms with Gasteiger partial charge >= 0.3 is 0 Å². The van der Waals surface area contributed by atoms with Gasteiger partial charge in [0.15, 0.2) is 16.6 Å². The maximum atomic E-state index is 13.7. The zero-order valence-corrected chi connectivity index (χ0v) is 23.8. The van der Waals surface area contributed by atoms with Gasteiger partial charge in [0.25, 0.3) is 0 Å². The van der Waals surface area contributed by atoms with Crippen molar-refractivity contribution >= 4 is 44.0 Å². The number of aromatic nitrogens is 3. The van der Waals surface area contributed by atoms with Crippen LogP contribution in [0.1, 0.15) is 0 Å². The monoisotopic (exact) mass is 581 g/mol. The van der Waals surface area contributed by atoms with Crippen LogP contribution in [0.15, 0.2) is 153 Å². The predicted octanol–water partition coefficient (Wildman–Crippen LogP) is 9.43. The van der Waals surface area contributed by atoms with E-state index < -0.39 is 0 Å². The Morgan fingerprint density at radius 2 is 0.911 bits per heavy atom. The van der Waals surface area contributed by atoms with Gasteiger partial charge in [-0.25, -0.2) is 9.97 Å². The summed E-state index contributed by atoms with van der Waals surface area (Å²) in [5.41, 5.74) is 7.90. The molecule has 0 aliphatic heterocycles. The summed E-state index contributed by atoms with van der Waals surface area (Å²) >= 11 is 0. The number of para-hydroxylation sites is 2. The summed E-state index contributed by atoms with van der Waals surface area (Å²) in [5.74, 6) is 0.962. The third-order valence-electron chi connectivity index (χ3n) is 8.26. The number of hydrogen-bond donors (Lipinski definition) is 0. The molecule has 6 aromatic carbocycles. The van der Waals surface area contributed by atoms with E-state index in [2.05, 4.69) is 4.57 Å². The van der Waals surface area contributed by atoms with Crippen LogP contribution in [-0.2, 0) is 0 Å². The van der Waals surface area contributed by atoms with Gasteiger partial charge in [-0.2, -0.15) is 0 Å². The standard InChI is InChI=1S/C39H23N3O3/c43-35-27-20-10-12-22-29(27)42(30-23-13-11-21-28(30)35)34-33-36(44-39(41-33)26-18-8-3-9-19-26)31(24-14-4-1-5-15-24)32-37(34)45-38(40-32)25-16-6-2-7-17-25/h1-23H. The van der Waals surface area contributed by atoms with Crippen LogP contribution in [-0.4, -0.2) is 14.5 Å². The molecule has 6 heteroatoms. The van der Waals surface area contributed by atoms with E-state index in [1.165, 1.54) is 0 Å². The highest BCUT2D eigenvalue weighted by Crippen LogP contribution is 2.45. The van der Waals surface area contributed by atoms with Gasteiger partial charge in [-0.15, -0.1) is 0 Å². The van der Waals surface area contributed by atoms with Gasteiger partial charge in [0.05, 0.1) is 16.6 Å². The highest BCUT2D eigenvalue weighted by Gasteiger charge is 2.28. The van der Waals surface area contributed by atoms with Crippen molar-refractivity contribution in [3.8, 4) is 39.7 Å². The second-order valence-corrected chi connectivity index (χ2v) is 10.9. The first-order valence-electron chi connectivity index (χ1n) is 14.7. The summed E-state index contributed by atoms with van der Waals surface area (Å²) < 4.78 is 15.5. The van der Waals surface area contributed by atoms with Crippen molar-refractivity contribution in [3.63, 3.8) is 0 Å². The average Bonchev–Trinajstić information content (AvgIpc) is 3.75. The smallest absolute Gasteiger partial charge is 0.227 e. The van der Waals surface area contributed by atoms with Crippen molar-refractivity contribution in [1.29, 1.82) is 0 Å². The maximum absolute atomic E-state index is 13.7. The van der Waals surface area contributed by atoms with E-state index in [9.17, 15) is 4.79 Å². The van der Waals surface area contributed by atoms with Crippen molar-refractivity contribution in [2.24, 2.45) is 0 Å². The molecule has 45 heavy (non-hydrogen) atoms. The first-order chi connectivity index (χ1) is 22.3. The number of hydrogen-bond acceptors (Lipinski definition) is 5. The predicted molar refractivity (Wildman–Crippen MR) is 178 cm³/mol. The van der Waals surface area contributed by atoms with E-state index >= 15 is 0 Å². The quantitative estimate of drug-likeness (QED) is 0.194. The molecule has 0 N–H and O–H groups in total. The molecule has 6 nitrogen and oxygen atoms in total. The minimum atomic E-state index is -0.0292. The Morgan fingerprint density at radius 3 is 1.47 bits per heavy atom. The Labute approximate surface area is 256 Å². The van der Waals surface area contributed by atoms with E-state index in [0.717, 1.165) is 33.3 Å². The first-order valence-corrected chi connectivity index (χ1v) is 14.7. The number of benzene rings is 6. The highest BCUT2D eigenvalue weighted by molar-refractivity contribution is 6.14. The zero-order valence-electron chi connectivity index (χ0n) is 23.8. The lowest BCUT2D eigenvalue weighted by atomic mass is 10.0. The second kappa shape index (κ2) is 9.89. The zero-order chi connectivity index (χ0) is 29.9. The number of fused-ring (bicyclic) bond motifs is 4. The molecule has 0 radical (unpaired) electrons. The molecule has 0 spiro atoms. The van der Waals surface area contributed by atoms with Gasteiger partial charge < -0.3 is 13.4 Å². The van der Waals surface area contributed by atoms with Gasteiger partial charge in [-0.1, -0.05) is 91.0 Å². The topological polar surface area (TPSA) is 74.1 Å². The van der Waals surface area contributed by atoms with Gasteiger partial charge in [-0.3, -0.25) is 4.79 Å². The van der Waals surface area contributed by atoms with Gasteiger partial charge in [0.2, 0.25) is 11.8 Å². The van der Waals surface area contributed by atoms with Crippen molar-refractivity contribution in [1.82, 2.24) is 14.5 Å². The number of oxazole rings is 2. The molecule has 0 saturated heterocycles. The van der Waals surface area contributed by atoms with E-state index in [-0.39, 0.29) is 5.43 Å². The summed E-state index contributed by atoms with van der Waals surface area (Å²) in [6, 6.07) is 45.1. The van der Waals surface area contributed by atoms with Crippen LogP contribution in [0.3, 0.4) is 0 Å². The van der Waals surface area contributed by atoms with Crippen LogP contribution in [0.2, 0.25) is 0 Å². The highest BCUT2D eigenvalue weighted by atomic mass is 16.4. The fourth-order valence-electron chi connectivity index (χ4n) is 6.24. The maximum Gasteiger partial charge on any atom is 0.227 e. The number of pyridine rings is 1. The molecule has 0 aliphatic rings. The van der Waals surface area contributed by atoms with E-state index in [1.807, 2.05) is 140 Å². The molecule has 3 heterocycles. The molecule has 0 fully saturated rings. The third kappa shape index (κ3) is 3.86. The van der Waals surface area contributed by atoms with Crippen LogP contribution < -0.4 is 5.43 Å². The largest absolute Gasteiger partial charge is 0.435 e. The Hall–Kier alpha value is -6.27. The molecule has 0 bridgehead atoms. The number of nitrogens with zero attached hydrogens (tertiary/aromatic N) is 3. The van der Waals surface area contributed by atoms with Crippen molar-refractivity contribution in [2.45, 2.75) is 0 Å². The molecule has 9 aromatic rings. The molecule has 0 amide bonds. The van der Waals surface area contributed by atoms with E-state index in [1.54, 1.807) is 0 Å². The fraction of sp³-hybridized carbons (Fsp3) is 0. The SMILES string of the molecule is O=c1c2ccccc2n(-c2c3nc(-c4ccccc4)oc3c(-c3ccccc3)c3nc(-c4ccccc4)oc23)c2ccccc12. The molecule has 0 atom stereocenters. The lowest BCUT2D eigenvalue weighted by molar-refractivity contribution is 0.617. The lowest BCUT2D eigenvalue weighted by Crippen LogP contribution is -2.11. The Kier molecular flexibility index (Phi) is 5.55. The third-order valence-corrected chi connectivity index (χ3v) is 8.26. The van der Waals surface area contributed by atoms with Gasteiger partial charge in [0.1, 0.15) is 16.7 Å². The van der Waals surface area contributed by atoms with Crippen molar-refractivity contribution in [2.75, 3.05) is 0 Å². The summed E-state index contributed by atoms with van der Waals surface area (Å²) in [6.07, 6.45) is 0. The molecular formula is C39H23N3O3. The normalized spacial score (nSPS) is 11.6. The minimum absolute atomic E-state index is 0.0292. The minimum Gasteiger partial charge on any atom is -0.435 e. The Balaban J connectivity index is 1.53. The van der Waals surface area contributed by atoms with Crippen LogP contribution in [0.4, 0.5) is 0 Å². The molecule has 0 saturated carbocycles. The second-order valence-electron chi connectivity index (χ2n) is 10.9. The summed E-state index contributed by atoms with van der Waals surface area (Å²) in [5, 5.41) is 1.19. The van der Waals surface area contributed by atoms with E-state index in [4.69, 9.17) is 18.8 Å². The van der Waals surface area contributed by atoms with Gasteiger partial charge in [-0.05, 0) is 54.1 Å². The van der Waals surface area contributed by atoms with Crippen molar-refractivity contribution < 1.29 is 8.83 Å². The molecule has 212 valence electrons. The summed E-state index contributed by atoms with van der Waals surface area (Å²) in [6.45, 7) is 0. The molecule has 0 aliphatic carbocycles. The van der Waals surface area contributed by atoms with Crippen LogP contribution in [0, 0.1) is 0 Å². The van der Waals surface area contributed by atoms with E-state index in [0.29, 0.717) is 50.4 Å². The number of rotatable bonds is 4. The van der Waals surface area contributed by atoms with Crippen LogP contribution in [0.5, 0.6) is 0 Å². The van der Waals surface area contributed by atoms with Gasteiger partial charge in [0, 0.05) is 21.9 Å². The average molecular weight is 582 g/mol.